The normalized spacial score (nSPS) is 15.0. The van der Waals surface area contributed by atoms with E-state index in [2.05, 4.69) is 5.32 Å². The fourth-order valence-corrected chi connectivity index (χ4v) is 3.35. The highest BCUT2D eigenvalue weighted by molar-refractivity contribution is 5.95. The first-order chi connectivity index (χ1) is 14.4. The first-order valence-electron chi connectivity index (χ1n) is 9.38. The average molecular weight is 410 g/mol. The van der Waals surface area contributed by atoms with Crippen molar-refractivity contribution in [2.75, 3.05) is 19.0 Å². The van der Waals surface area contributed by atoms with E-state index in [9.17, 15) is 19.2 Å². The molecule has 0 saturated heterocycles. The predicted octanol–water partition coefficient (Wildman–Crippen LogP) is 1.93. The van der Waals surface area contributed by atoms with Gasteiger partial charge in [0.2, 0.25) is 5.91 Å². The Hall–Kier alpha value is -3.68. The molecule has 8 nitrogen and oxygen atoms in total. The number of carbonyl (C=O) groups is 4. The van der Waals surface area contributed by atoms with Crippen molar-refractivity contribution in [1.82, 2.24) is 4.90 Å². The maximum Gasteiger partial charge on any atom is 0.338 e. The van der Waals surface area contributed by atoms with Crippen LogP contribution in [0.3, 0.4) is 0 Å². The lowest BCUT2D eigenvalue weighted by Crippen LogP contribution is -2.50. The number of anilines is 1. The summed E-state index contributed by atoms with van der Waals surface area (Å²) < 4.78 is 10.0. The molecule has 0 saturated carbocycles. The molecule has 2 aromatic carbocycles. The Morgan fingerprint density at radius 3 is 2.50 bits per heavy atom. The molecule has 156 valence electrons. The van der Waals surface area contributed by atoms with Crippen LogP contribution in [0.25, 0.3) is 0 Å². The maximum absolute atomic E-state index is 12.8. The molecule has 0 aliphatic carbocycles. The van der Waals surface area contributed by atoms with E-state index in [1.54, 1.807) is 12.1 Å². The largest absolute Gasteiger partial charge is 0.467 e. The van der Waals surface area contributed by atoms with E-state index in [-0.39, 0.29) is 18.0 Å². The summed E-state index contributed by atoms with van der Waals surface area (Å²) in [7, 11) is 1.27. The zero-order chi connectivity index (χ0) is 21.7. The van der Waals surface area contributed by atoms with Gasteiger partial charge in [0, 0.05) is 25.6 Å². The second-order valence-electron chi connectivity index (χ2n) is 6.87. The van der Waals surface area contributed by atoms with Gasteiger partial charge in [0.05, 0.1) is 12.7 Å². The van der Waals surface area contributed by atoms with E-state index in [0.717, 1.165) is 11.1 Å². The summed E-state index contributed by atoms with van der Waals surface area (Å²) in [5, 5.41) is 2.58. The molecule has 3 rings (SSSR count). The van der Waals surface area contributed by atoms with Gasteiger partial charge in [-0.3, -0.25) is 9.59 Å². The number of fused-ring (bicyclic) bond motifs is 1. The van der Waals surface area contributed by atoms with Crippen LogP contribution in [0, 0.1) is 0 Å². The Kier molecular flexibility index (Phi) is 6.46. The molecule has 0 unspecified atom stereocenters. The van der Waals surface area contributed by atoms with Crippen LogP contribution >= 0.6 is 0 Å². The lowest BCUT2D eigenvalue weighted by Gasteiger charge is -2.35. The number of carbonyl (C=O) groups excluding carboxylic acids is 4. The van der Waals surface area contributed by atoms with E-state index in [0.29, 0.717) is 12.1 Å². The van der Waals surface area contributed by atoms with E-state index in [1.165, 1.54) is 31.1 Å². The SMILES string of the molecule is COC(=O)[C@@H]1Cc2ccccc2CN1C(=O)COC(=O)c1cccc(NC(C)=O)c1. The van der Waals surface area contributed by atoms with Crippen LogP contribution in [0.4, 0.5) is 5.69 Å². The van der Waals surface area contributed by atoms with Crippen molar-refractivity contribution in [2.45, 2.75) is 25.9 Å². The third-order valence-corrected chi connectivity index (χ3v) is 4.79. The smallest absolute Gasteiger partial charge is 0.338 e. The van der Waals surface area contributed by atoms with E-state index >= 15 is 0 Å². The van der Waals surface area contributed by atoms with Gasteiger partial charge in [-0.25, -0.2) is 9.59 Å². The van der Waals surface area contributed by atoms with Crippen LogP contribution in [-0.2, 0) is 36.8 Å². The number of ether oxygens (including phenoxy) is 2. The van der Waals surface area contributed by atoms with Crippen molar-refractivity contribution in [3.05, 3.63) is 65.2 Å². The van der Waals surface area contributed by atoms with Crippen molar-refractivity contribution in [2.24, 2.45) is 0 Å². The summed E-state index contributed by atoms with van der Waals surface area (Å²) in [5.74, 6) is -1.99. The predicted molar refractivity (Wildman–Crippen MR) is 108 cm³/mol. The molecule has 1 aliphatic rings. The standard InChI is InChI=1S/C22H22N2O6/c1-14(25)23-18-9-5-8-16(10-18)21(27)30-13-20(26)24-12-17-7-4-3-6-15(17)11-19(24)22(28)29-2/h3-10,19H,11-13H2,1-2H3,(H,23,25)/t19-/m0/s1. The van der Waals surface area contributed by atoms with Crippen molar-refractivity contribution in [1.29, 1.82) is 0 Å². The molecule has 1 heterocycles. The summed E-state index contributed by atoms with van der Waals surface area (Å²) in [6, 6.07) is 13.0. The minimum atomic E-state index is -0.779. The van der Waals surface area contributed by atoms with Crippen molar-refractivity contribution < 1.29 is 28.7 Å². The molecule has 0 fully saturated rings. The summed E-state index contributed by atoms with van der Waals surface area (Å²) in [6.07, 6.45) is 0.335. The third-order valence-electron chi connectivity index (χ3n) is 4.79. The molecule has 8 heteroatoms. The maximum atomic E-state index is 12.8. The number of hydrogen-bond acceptors (Lipinski definition) is 6. The van der Waals surface area contributed by atoms with Crippen LogP contribution in [0.15, 0.2) is 48.5 Å². The second kappa shape index (κ2) is 9.21. The van der Waals surface area contributed by atoms with Gasteiger partial charge >= 0.3 is 11.9 Å². The number of esters is 2. The van der Waals surface area contributed by atoms with E-state index in [1.807, 2.05) is 24.3 Å². The number of nitrogens with one attached hydrogen (secondary N) is 1. The van der Waals surface area contributed by atoms with Crippen LogP contribution < -0.4 is 5.32 Å². The Morgan fingerprint density at radius 1 is 1.07 bits per heavy atom. The first kappa shape index (κ1) is 21.0. The van der Waals surface area contributed by atoms with Crippen LogP contribution in [0.2, 0.25) is 0 Å². The highest BCUT2D eigenvalue weighted by Gasteiger charge is 2.35. The number of benzene rings is 2. The van der Waals surface area contributed by atoms with Crippen molar-refractivity contribution in [3.63, 3.8) is 0 Å². The highest BCUT2D eigenvalue weighted by Crippen LogP contribution is 2.24. The molecule has 1 N–H and O–H groups in total. The number of rotatable bonds is 5. The molecule has 0 spiro atoms. The van der Waals surface area contributed by atoms with Gasteiger partial charge in [-0.05, 0) is 29.3 Å². The van der Waals surface area contributed by atoms with Gasteiger partial charge in [-0.1, -0.05) is 30.3 Å². The summed E-state index contributed by atoms with van der Waals surface area (Å²) in [4.78, 5) is 49.9. The quantitative estimate of drug-likeness (QED) is 0.756. The Balaban J connectivity index is 1.69. The molecule has 0 aromatic heterocycles. The zero-order valence-corrected chi connectivity index (χ0v) is 16.7. The van der Waals surface area contributed by atoms with E-state index < -0.39 is 30.5 Å². The van der Waals surface area contributed by atoms with Gasteiger partial charge in [-0.15, -0.1) is 0 Å². The molecule has 2 amide bonds. The Labute approximate surface area is 173 Å². The lowest BCUT2D eigenvalue weighted by molar-refractivity contribution is -0.155. The van der Waals surface area contributed by atoms with Crippen LogP contribution in [-0.4, -0.2) is 48.4 Å². The molecule has 2 aromatic rings. The fourth-order valence-electron chi connectivity index (χ4n) is 3.35. The summed E-state index contributed by atoms with van der Waals surface area (Å²) in [5.41, 5.74) is 2.55. The topological polar surface area (TPSA) is 102 Å². The number of amides is 2. The molecule has 0 radical (unpaired) electrons. The number of hydrogen-bond donors (Lipinski definition) is 1. The molecule has 0 bridgehead atoms. The van der Waals surface area contributed by atoms with E-state index in [4.69, 9.17) is 9.47 Å². The molecular formula is C22H22N2O6. The molecular weight excluding hydrogens is 388 g/mol. The lowest BCUT2D eigenvalue weighted by atomic mass is 9.94. The van der Waals surface area contributed by atoms with Crippen molar-refractivity contribution >= 4 is 29.4 Å². The summed E-state index contributed by atoms with van der Waals surface area (Å²) in [6.45, 7) is 1.07. The zero-order valence-electron chi connectivity index (χ0n) is 16.7. The fraction of sp³-hybridized carbons (Fsp3) is 0.273. The minimum absolute atomic E-state index is 0.197. The van der Waals surface area contributed by atoms with Gasteiger partial charge in [0.15, 0.2) is 6.61 Å². The molecule has 1 atom stereocenters. The first-order valence-corrected chi connectivity index (χ1v) is 9.38. The second-order valence-corrected chi connectivity index (χ2v) is 6.87. The van der Waals surface area contributed by atoms with Gasteiger partial charge < -0.3 is 19.7 Å². The highest BCUT2D eigenvalue weighted by atomic mass is 16.5. The average Bonchev–Trinajstić information content (AvgIpc) is 2.75. The molecule has 1 aliphatic heterocycles. The minimum Gasteiger partial charge on any atom is -0.467 e. The van der Waals surface area contributed by atoms with Crippen LogP contribution in [0.1, 0.15) is 28.4 Å². The van der Waals surface area contributed by atoms with Gasteiger partial charge in [0.25, 0.3) is 5.91 Å². The third kappa shape index (κ3) is 4.83. The summed E-state index contributed by atoms with van der Waals surface area (Å²) >= 11 is 0. The number of nitrogens with zero attached hydrogens (tertiary/aromatic N) is 1. The molecule has 30 heavy (non-hydrogen) atoms. The monoisotopic (exact) mass is 410 g/mol. The Bertz CT molecular complexity index is 987. The van der Waals surface area contributed by atoms with Gasteiger partial charge in [0.1, 0.15) is 6.04 Å². The van der Waals surface area contributed by atoms with Crippen molar-refractivity contribution in [3.8, 4) is 0 Å². The number of methoxy groups -OCH3 is 1. The van der Waals surface area contributed by atoms with Gasteiger partial charge in [-0.2, -0.15) is 0 Å². The van der Waals surface area contributed by atoms with Crippen LogP contribution in [0.5, 0.6) is 0 Å². The Morgan fingerprint density at radius 2 is 1.80 bits per heavy atom.